The summed E-state index contributed by atoms with van der Waals surface area (Å²) in [5.41, 5.74) is -4.63. The molecule has 0 spiro atoms. The van der Waals surface area contributed by atoms with Crippen molar-refractivity contribution in [3.8, 4) is 0 Å². The Balaban J connectivity index is 5.63. The monoisotopic (exact) mass is 338 g/mol. The molecule has 0 aliphatic rings. The minimum atomic E-state index is -4.96. The molecule has 0 aliphatic carbocycles. The summed E-state index contributed by atoms with van der Waals surface area (Å²) in [5, 5.41) is 0. The maximum atomic E-state index is 14.3. The van der Waals surface area contributed by atoms with E-state index in [-0.39, 0.29) is 6.42 Å². The van der Waals surface area contributed by atoms with Gasteiger partial charge in [-0.1, -0.05) is 20.8 Å². The van der Waals surface area contributed by atoms with Crippen molar-refractivity contribution in [2.45, 2.75) is 90.1 Å². The van der Waals surface area contributed by atoms with Gasteiger partial charge in [0.25, 0.3) is 0 Å². The van der Waals surface area contributed by atoms with E-state index in [0.29, 0.717) is 6.92 Å². The van der Waals surface area contributed by atoms with Gasteiger partial charge < -0.3 is 9.47 Å². The molecule has 0 amide bonds. The van der Waals surface area contributed by atoms with Gasteiger partial charge in [0.15, 0.2) is 0 Å². The summed E-state index contributed by atoms with van der Waals surface area (Å²) >= 11 is 0. The van der Waals surface area contributed by atoms with Gasteiger partial charge in [-0.2, -0.15) is 26.3 Å². The summed E-state index contributed by atoms with van der Waals surface area (Å²) in [6.45, 7) is 6.51. The van der Waals surface area contributed by atoms with Crippen molar-refractivity contribution >= 4 is 0 Å². The zero-order chi connectivity index (χ0) is 18.0. The van der Waals surface area contributed by atoms with Crippen LogP contribution in [0.2, 0.25) is 0 Å². The van der Waals surface area contributed by atoms with Crippen molar-refractivity contribution in [2.24, 2.45) is 0 Å². The Hall–Kier alpha value is -0.500. The lowest BCUT2D eigenvalue weighted by Crippen LogP contribution is -2.62. The van der Waals surface area contributed by atoms with Gasteiger partial charge in [0.05, 0.1) is 5.60 Å². The lowest BCUT2D eigenvalue weighted by molar-refractivity contribution is -0.436. The highest BCUT2D eigenvalue weighted by Gasteiger charge is 2.71. The van der Waals surface area contributed by atoms with Gasteiger partial charge in [-0.05, 0) is 33.6 Å². The number of ether oxygens (including phenoxy) is 2. The van der Waals surface area contributed by atoms with Crippen LogP contribution in [0.15, 0.2) is 0 Å². The van der Waals surface area contributed by atoms with E-state index in [4.69, 9.17) is 0 Å². The molecule has 1 atom stereocenters. The zero-order valence-electron chi connectivity index (χ0n) is 13.7. The number of rotatable bonds is 9. The average molecular weight is 338 g/mol. The Morgan fingerprint density at radius 1 is 0.682 bits per heavy atom. The SMILES string of the molecule is CCC(C)(C)OC(F)(F)C(F)(F)C(C)(CC)OC(F)(F)CC. The Labute approximate surface area is 127 Å². The number of hydrogen-bond donors (Lipinski definition) is 0. The highest BCUT2D eigenvalue weighted by molar-refractivity contribution is 4.98. The van der Waals surface area contributed by atoms with Crippen molar-refractivity contribution < 1.29 is 35.8 Å². The molecule has 0 aromatic carbocycles. The van der Waals surface area contributed by atoms with E-state index in [9.17, 15) is 26.3 Å². The third-order valence-corrected chi connectivity index (χ3v) is 3.75. The van der Waals surface area contributed by atoms with E-state index in [1.807, 2.05) is 0 Å². The van der Waals surface area contributed by atoms with Crippen molar-refractivity contribution in [1.29, 1.82) is 0 Å². The van der Waals surface area contributed by atoms with E-state index >= 15 is 0 Å². The number of halogens is 6. The number of alkyl halides is 6. The number of hydrogen-bond acceptors (Lipinski definition) is 2. The maximum Gasteiger partial charge on any atom is 0.422 e. The van der Waals surface area contributed by atoms with Crippen LogP contribution in [-0.4, -0.2) is 29.3 Å². The molecule has 134 valence electrons. The predicted octanol–water partition coefficient (Wildman–Crippen LogP) is 5.61. The van der Waals surface area contributed by atoms with Gasteiger partial charge in [-0.3, -0.25) is 0 Å². The van der Waals surface area contributed by atoms with Crippen LogP contribution >= 0.6 is 0 Å². The fraction of sp³-hybridized carbons (Fsp3) is 1.00. The second-order valence-corrected chi connectivity index (χ2v) is 5.98. The Bertz CT molecular complexity index is 370. The van der Waals surface area contributed by atoms with Crippen LogP contribution in [-0.2, 0) is 9.47 Å². The zero-order valence-corrected chi connectivity index (χ0v) is 13.7. The quantitative estimate of drug-likeness (QED) is 0.509. The minimum Gasteiger partial charge on any atom is -0.310 e. The molecule has 0 rings (SSSR count). The van der Waals surface area contributed by atoms with E-state index in [1.54, 1.807) is 0 Å². The Morgan fingerprint density at radius 2 is 1.14 bits per heavy atom. The van der Waals surface area contributed by atoms with E-state index in [1.165, 1.54) is 20.8 Å². The fourth-order valence-electron chi connectivity index (χ4n) is 1.55. The molecule has 0 N–H and O–H groups in total. The molecule has 0 saturated carbocycles. The molecule has 0 radical (unpaired) electrons. The van der Waals surface area contributed by atoms with Crippen LogP contribution in [0.5, 0.6) is 0 Å². The second-order valence-electron chi connectivity index (χ2n) is 5.98. The normalized spacial score (nSPS) is 17.5. The first-order valence-electron chi connectivity index (χ1n) is 7.13. The molecule has 0 aromatic rings. The van der Waals surface area contributed by atoms with Crippen LogP contribution in [0.1, 0.15) is 60.8 Å². The van der Waals surface area contributed by atoms with Crippen LogP contribution in [0.4, 0.5) is 26.3 Å². The third-order valence-electron chi connectivity index (χ3n) is 3.75. The van der Waals surface area contributed by atoms with Gasteiger partial charge in [0.1, 0.15) is 5.60 Å². The molecule has 1 unspecified atom stereocenters. The van der Waals surface area contributed by atoms with E-state index in [2.05, 4.69) is 9.47 Å². The molecule has 0 heterocycles. The predicted molar refractivity (Wildman–Crippen MR) is 70.4 cm³/mol. The van der Waals surface area contributed by atoms with Crippen LogP contribution in [0.3, 0.4) is 0 Å². The molecular weight excluding hydrogens is 314 g/mol. The summed E-state index contributed by atoms with van der Waals surface area (Å²) in [7, 11) is 0. The third kappa shape index (κ3) is 4.50. The second kappa shape index (κ2) is 6.55. The summed E-state index contributed by atoms with van der Waals surface area (Å²) in [6.07, 6.45) is -10.5. The first kappa shape index (κ1) is 21.5. The van der Waals surface area contributed by atoms with Gasteiger partial charge >= 0.3 is 18.1 Å². The lowest BCUT2D eigenvalue weighted by Gasteiger charge is -2.43. The molecule has 0 saturated heterocycles. The maximum absolute atomic E-state index is 14.3. The van der Waals surface area contributed by atoms with Crippen molar-refractivity contribution in [3.63, 3.8) is 0 Å². The highest BCUT2D eigenvalue weighted by Crippen LogP contribution is 2.50. The van der Waals surface area contributed by atoms with Crippen molar-refractivity contribution in [2.75, 3.05) is 0 Å². The van der Waals surface area contributed by atoms with Crippen molar-refractivity contribution in [3.05, 3.63) is 0 Å². The molecule has 0 fully saturated rings. The molecule has 22 heavy (non-hydrogen) atoms. The molecule has 0 aliphatic heterocycles. The highest BCUT2D eigenvalue weighted by atomic mass is 19.3. The summed E-state index contributed by atoms with van der Waals surface area (Å²) < 4.78 is 91.3. The largest absolute Gasteiger partial charge is 0.422 e. The topological polar surface area (TPSA) is 18.5 Å². The average Bonchev–Trinajstić information content (AvgIpc) is 2.36. The molecular formula is C14H24F6O2. The van der Waals surface area contributed by atoms with Gasteiger partial charge in [-0.25, -0.2) is 0 Å². The summed E-state index contributed by atoms with van der Waals surface area (Å²) in [6, 6.07) is 0. The summed E-state index contributed by atoms with van der Waals surface area (Å²) in [5.74, 6) is -4.94. The molecule has 0 aromatic heterocycles. The van der Waals surface area contributed by atoms with Crippen molar-refractivity contribution in [1.82, 2.24) is 0 Å². The van der Waals surface area contributed by atoms with Crippen LogP contribution in [0, 0.1) is 0 Å². The van der Waals surface area contributed by atoms with Gasteiger partial charge in [-0.15, -0.1) is 0 Å². The smallest absolute Gasteiger partial charge is 0.310 e. The first-order valence-corrected chi connectivity index (χ1v) is 7.13. The fourth-order valence-corrected chi connectivity index (χ4v) is 1.55. The van der Waals surface area contributed by atoms with E-state index < -0.39 is 42.2 Å². The molecule has 0 bridgehead atoms. The Morgan fingerprint density at radius 3 is 1.45 bits per heavy atom. The Kier molecular flexibility index (Phi) is 6.40. The first-order chi connectivity index (χ1) is 9.60. The molecule has 2 nitrogen and oxygen atoms in total. The lowest BCUT2D eigenvalue weighted by atomic mass is 9.92. The van der Waals surface area contributed by atoms with Crippen LogP contribution in [0.25, 0.3) is 0 Å². The van der Waals surface area contributed by atoms with E-state index in [0.717, 1.165) is 13.8 Å². The van der Waals surface area contributed by atoms with Gasteiger partial charge in [0.2, 0.25) is 0 Å². The standard InChI is InChI=1S/C14H24F6O2/c1-7-10(4,5)21-14(19,20)13(17,18)11(6,8-2)22-12(15,16)9-3/h7-9H2,1-6H3. The summed E-state index contributed by atoms with van der Waals surface area (Å²) in [4.78, 5) is 0. The molecule has 8 heteroatoms. The minimum absolute atomic E-state index is 0.0352. The van der Waals surface area contributed by atoms with Gasteiger partial charge in [0, 0.05) is 6.42 Å². The van der Waals surface area contributed by atoms with Crippen LogP contribution < -0.4 is 0 Å².